The van der Waals surface area contributed by atoms with Crippen LogP contribution in [0.4, 0.5) is 0 Å². The molecule has 0 bridgehead atoms. The molecule has 1 saturated heterocycles. The summed E-state index contributed by atoms with van der Waals surface area (Å²) in [5.41, 5.74) is 2.34. The van der Waals surface area contributed by atoms with Gasteiger partial charge in [0.15, 0.2) is 0 Å². The van der Waals surface area contributed by atoms with Crippen molar-refractivity contribution in [2.75, 3.05) is 26.7 Å². The minimum Gasteiger partial charge on any atom is -0.478 e. The molecule has 1 heterocycles. The van der Waals surface area contributed by atoms with Crippen LogP contribution in [0.2, 0.25) is 5.02 Å². The van der Waals surface area contributed by atoms with E-state index in [1.807, 2.05) is 41.4 Å². The number of carboxylic acids is 2. The number of hydrazine groups is 1. The fourth-order valence-electron chi connectivity index (χ4n) is 3.77. The topological polar surface area (TPSA) is 127 Å². The van der Waals surface area contributed by atoms with Crippen LogP contribution in [0.15, 0.2) is 65.6 Å². The first kappa shape index (κ1) is 30.5. The van der Waals surface area contributed by atoms with Gasteiger partial charge in [0, 0.05) is 43.4 Å². The molecule has 0 saturated carbocycles. The van der Waals surface area contributed by atoms with Crippen LogP contribution in [0.1, 0.15) is 30.9 Å². The lowest BCUT2D eigenvalue weighted by Crippen LogP contribution is -2.47. The quantitative estimate of drug-likeness (QED) is 0.382. The highest BCUT2D eigenvalue weighted by Gasteiger charge is 2.22. The van der Waals surface area contributed by atoms with Gasteiger partial charge in [-0.2, -0.15) is 0 Å². The van der Waals surface area contributed by atoms with E-state index in [1.165, 1.54) is 5.56 Å². The van der Waals surface area contributed by atoms with Gasteiger partial charge in [-0.3, -0.25) is 0 Å². The molecular weight excluding hydrogens is 518 g/mol. The number of benzene rings is 2. The number of halogens is 1. The molecule has 11 heteroatoms. The van der Waals surface area contributed by atoms with Crippen molar-refractivity contribution >= 4 is 33.6 Å². The van der Waals surface area contributed by atoms with Crippen molar-refractivity contribution in [1.82, 2.24) is 14.7 Å². The molecule has 2 aromatic rings. The van der Waals surface area contributed by atoms with E-state index in [0.717, 1.165) is 56.0 Å². The Balaban J connectivity index is 0.000000521. The van der Waals surface area contributed by atoms with Gasteiger partial charge in [-0.05, 0) is 67.6 Å². The Kier molecular flexibility index (Phi) is 12.2. The van der Waals surface area contributed by atoms with Crippen LogP contribution in [0, 0.1) is 5.92 Å². The van der Waals surface area contributed by atoms with Gasteiger partial charge in [-0.15, -0.1) is 4.83 Å². The number of sulfonamides is 1. The number of likely N-dealkylation sites (N-methyl/N-ethyl adjacent to an activating group) is 1. The van der Waals surface area contributed by atoms with E-state index in [4.69, 9.17) is 21.8 Å². The van der Waals surface area contributed by atoms with Gasteiger partial charge in [-0.1, -0.05) is 42.8 Å². The van der Waals surface area contributed by atoms with Crippen molar-refractivity contribution in [3.63, 3.8) is 0 Å². The number of carbonyl (C=O) groups is 2. The smallest absolute Gasteiger partial charge is 0.328 e. The molecule has 1 aliphatic rings. The average Bonchev–Trinajstić information content (AvgIpc) is 2.83. The number of aliphatic carboxylic acids is 2. The van der Waals surface area contributed by atoms with Crippen molar-refractivity contribution in [1.29, 1.82) is 0 Å². The average molecular weight is 552 g/mol. The van der Waals surface area contributed by atoms with E-state index in [2.05, 4.69) is 23.7 Å². The van der Waals surface area contributed by atoms with Gasteiger partial charge in [-0.25, -0.2) is 23.0 Å². The van der Waals surface area contributed by atoms with Crippen LogP contribution in [0.5, 0.6) is 0 Å². The second-order valence-corrected chi connectivity index (χ2v) is 11.2. The van der Waals surface area contributed by atoms with E-state index in [-0.39, 0.29) is 0 Å². The number of piperidine rings is 1. The number of hydrogen-bond donors (Lipinski definition) is 3. The Morgan fingerprint density at radius 2 is 1.62 bits per heavy atom. The summed E-state index contributed by atoms with van der Waals surface area (Å²) < 4.78 is 25.3. The molecule has 0 aromatic heterocycles. The zero-order valence-corrected chi connectivity index (χ0v) is 22.6. The first-order valence-electron chi connectivity index (χ1n) is 11.9. The van der Waals surface area contributed by atoms with Crippen molar-refractivity contribution in [3.05, 3.63) is 76.8 Å². The minimum absolute atomic E-state index is 0.309. The second kappa shape index (κ2) is 14.8. The first-order chi connectivity index (χ1) is 17.4. The third-order valence-electron chi connectivity index (χ3n) is 5.66. The van der Waals surface area contributed by atoms with E-state index >= 15 is 0 Å². The molecule has 202 valence electrons. The predicted molar refractivity (Wildman–Crippen MR) is 143 cm³/mol. The molecule has 1 atom stereocenters. The molecule has 37 heavy (non-hydrogen) atoms. The number of nitrogens with zero attached hydrogens (tertiary/aromatic N) is 2. The normalized spacial score (nSPS) is 16.4. The number of rotatable bonds is 10. The molecule has 0 aliphatic carbocycles. The first-order valence-corrected chi connectivity index (χ1v) is 13.7. The maximum absolute atomic E-state index is 12.7. The summed E-state index contributed by atoms with van der Waals surface area (Å²) in [7, 11) is -1.46. The lowest BCUT2D eigenvalue weighted by Gasteiger charge is -2.30. The highest BCUT2D eigenvalue weighted by Crippen LogP contribution is 2.17. The second-order valence-electron chi connectivity index (χ2n) is 9.06. The Hall–Kier alpha value is -2.76. The SMILES string of the molecule is CC1CCCN(NS(=O)(=O)c2ccc(CN(C)CCc3ccc(Cl)cc3)cc2)C1.O=C(O)C=CC(=O)O. The molecule has 0 spiro atoms. The molecule has 0 radical (unpaired) electrons. The highest BCUT2D eigenvalue weighted by molar-refractivity contribution is 7.89. The summed E-state index contributed by atoms with van der Waals surface area (Å²) in [5, 5.41) is 18.2. The predicted octanol–water partition coefficient (Wildman–Crippen LogP) is 3.65. The third kappa shape index (κ3) is 11.9. The van der Waals surface area contributed by atoms with E-state index in [1.54, 1.807) is 12.1 Å². The Labute approximate surface area is 223 Å². The van der Waals surface area contributed by atoms with Crippen LogP contribution in [-0.4, -0.2) is 67.2 Å². The maximum atomic E-state index is 12.7. The molecule has 2 aromatic carbocycles. The van der Waals surface area contributed by atoms with Crippen LogP contribution < -0.4 is 4.83 Å². The largest absolute Gasteiger partial charge is 0.478 e. The fourth-order valence-corrected chi connectivity index (χ4v) is 5.00. The summed E-state index contributed by atoms with van der Waals surface area (Å²) in [5.74, 6) is -2.00. The maximum Gasteiger partial charge on any atom is 0.328 e. The fraction of sp³-hybridized carbons (Fsp3) is 0.385. The summed E-state index contributed by atoms with van der Waals surface area (Å²) >= 11 is 5.93. The Bertz CT molecular complexity index is 1140. The van der Waals surface area contributed by atoms with Crippen molar-refractivity contribution in [2.24, 2.45) is 5.92 Å². The lowest BCUT2D eigenvalue weighted by atomic mass is 10.0. The van der Waals surface area contributed by atoms with Crippen molar-refractivity contribution in [3.8, 4) is 0 Å². The lowest BCUT2D eigenvalue weighted by molar-refractivity contribution is -0.134. The van der Waals surface area contributed by atoms with Crippen molar-refractivity contribution in [2.45, 2.75) is 37.6 Å². The van der Waals surface area contributed by atoms with E-state index in [0.29, 0.717) is 23.0 Å². The standard InChI is InChI=1S/C22H30ClN3O2S.C4H4O4/c1-18-4-3-14-26(16-18)24-29(27,28)22-11-7-20(8-12-22)17-25(2)15-13-19-5-9-21(23)10-6-19;5-3(6)1-2-4(7)8/h5-12,18,24H,3-4,13-17H2,1-2H3;1-2H,(H,5,6)(H,7,8). The molecule has 3 rings (SSSR count). The molecule has 1 aliphatic heterocycles. The van der Waals surface area contributed by atoms with Crippen LogP contribution in [-0.2, 0) is 32.6 Å². The van der Waals surface area contributed by atoms with Gasteiger partial charge in [0.05, 0.1) is 4.90 Å². The number of carboxylic acid groups (broad SMARTS) is 2. The third-order valence-corrected chi connectivity index (χ3v) is 7.30. The molecule has 1 fully saturated rings. The molecular formula is C26H34ClN3O6S. The van der Waals surface area contributed by atoms with Crippen LogP contribution >= 0.6 is 11.6 Å². The Morgan fingerprint density at radius 3 is 2.16 bits per heavy atom. The van der Waals surface area contributed by atoms with Gasteiger partial charge in [0.25, 0.3) is 10.0 Å². The summed E-state index contributed by atoms with van der Waals surface area (Å²) in [6.45, 7) is 5.36. The van der Waals surface area contributed by atoms with E-state index in [9.17, 15) is 18.0 Å². The van der Waals surface area contributed by atoms with Crippen molar-refractivity contribution < 1.29 is 28.2 Å². The molecule has 9 nitrogen and oxygen atoms in total. The zero-order chi connectivity index (χ0) is 27.4. The molecule has 1 unspecified atom stereocenters. The minimum atomic E-state index is -3.53. The molecule has 0 amide bonds. The zero-order valence-electron chi connectivity index (χ0n) is 21.0. The van der Waals surface area contributed by atoms with E-state index < -0.39 is 22.0 Å². The summed E-state index contributed by atoms with van der Waals surface area (Å²) in [4.78, 5) is 24.4. The Morgan fingerprint density at radius 1 is 1.05 bits per heavy atom. The molecule has 3 N–H and O–H groups in total. The van der Waals surface area contributed by atoms with Crippen LogP contribution in [0.25, 0.3) is 0 Å². The summed E-state index contributed by atoms with van der Waals surface area (Å²) in [6.07, 6.45) is 4.23. The van der Waals surface area contributed by atoms with Crippen LogP contribution in [0.3, 0.4) is 0 Å². The monoisotopic (exact) mass is 551 g/mol. The summed E-state index contributed by atoms with van der Waals surface area (Å²) in [6, 6.07) is 15.1. The van der Waals surface area contributed by atoms with Gasteiger partial charge >= 0.3 is 11.9 Å². The number of hydrogen-bond acceptors (Lipinski definition) is 6. The van der Waals surface area contributed by atoms with Gasteiger partial charge in [0.2, 0.25) is 0 Å². The number of nitrogens with one attached hydrogen (secondary N) is 1. The van der Waals surface area contributed by atoms with Gasteiger partial charge in [0.1, 0.15) is 0 Å². The highest BCUT2D eigenvalue weighted by atomic mass is 35.5. The van der Waals surface area contributed by atoms with Gasteiger partial charge < -0.3 is 15.1 Å².